The van der Waals surface area contributed by atoms with Crippen molar-refractivity contribution >= 4 is 5.57 Å². The fourth-order valence-corrected chi connectivity index (χ4v) is 4.78. The highest BCUT2D eigenvalue weighted by atomic mass is 15.2. The molecule has 3 aliphatic rings. The maximum atomic E-state index is 3.72. The maximum absolute atomic E-state index is 3.72. The lowest BCUT2D eigenvalue weighted by Crippen LogP contribution is -2.33. The van der Waals surface area contributed by atoms with E-state index in [2.05, 4.69) is 135 Å². The second kappa shape index (κ2) is 16.8. The lowest BCUT2D eigenvalue weighted by Gasteiger charge is -2.37. The van der Waals surface area contributed by atoms with E-state index in [4.69, 9.17) is 0 Å². The molecule has 40 heavy (non-hydrogen) atoms. The van der Waals surface area contributed by atoms with Gasteiger partial charge in [-0.1, -0.05) is 118 Å². The van der Waals surface area contributed by atoms with Gasteiger partial charge in [0.05, 0.1) is 6.04 Å². The lowest BCUT2D eigenvalue weighted by atomic mass is 9.93. The SMILES string of the molecule is C=C/C=C(\C=C)N/C=C/CC(C)C=C.CC1C=CC(N(C2=CC=C(c3ccccc3)CC2)C2C=CC=CC2)=CC1. The summed E-state index contributed by atoms with van der Waals surface area (Å²) >= 11 is 0. The normalized spacial score (nSPS) is 20.9. The summed E-state index contributed by atoms with van der Waals surface area (Å²) in [6.45, 7) is 15.4. The van der Waals surface area contributed by atoms with Crippen LogP contribution in [0.25, 0.3) is 5.57 Å². The first-order valence-corrected chi connectivity index (χ1v) is 14.5. The van der Waals surface area contributed by atoms with Gasteiger partial charge in [0.1, 0.15) is 0 Å². The first kappa shape index (κ1) is 30.5. The van der Waals surface area contributed by atoms with Gasteiger partial charge in [0.2, 0.25) is 0 Å². The van der Waals surface area contributed by atoms with Gasteiger partial charge in [0, 0.05) is 17.1 Å². The van der Waals surface area contributed by atoms with Gasteiger partial charge >= 0.3 is 0 Å². The van der Waals surface area contributed by atoms with E-state index < -0.39 is 0 Å². The minimum Gasteiger partial charge on any atom is -0.362 e. The third kappa shape index (κ3) is 9.61. The Hall–Kier alpha value is -4.04. The summed E-state index contributed by atoms with van der Waals surface area (Å²) in [5.74, 6) is 1.16. The summed E-state index contributed by atoms with van der Waals surface area (Å²) in [6, 6.07) is 11.2. The van der Waals surface area contributed by atoms with Gasteiger partial charge < -0.3 is 10.2 Å². The van der Waals surface area contributed by atoms with Crippen molar-refractivity contribution in [3.63, 3.8) is 0 Å². The van der Waals surface area contributed by atoms with Gasteiger partial charge in [-0.2, -0.15) is 0 Å². The van der Waals surface area contributed by atoms with Crippen LogP contribution in [0.5, 0.6) is 0 Å². The number of rotatable bonds is 11. The summed E-state index contributed by atoms with van der Waals surface area (Å²) < 4.78 is 0. The highest BCUT2D eigenvalue weighted by Gasteiger charge is 2.24. The van der Waals surface area contributed by atoms with Crippen LogP contribution in [0.1, 0.15) is 51.5 Å². The summed E-state index contributed by atoms with van der Waals surface area (Å²) in [7, 11) is 0. The molecule has 2 nitrogen and oxygen atoms in total. The minimum absolute atomic E-state index is 0.419. The minimum atomic E-state index is 0.419. The molecular weight excluding hydrogens is 484 g/mol. The average Bonchev–Trinajstić information content (AvgIpc) is 3.01. The molecule has 0 aromatic heterocycles. The highest BCUT2D eigenvalue weighted by molar-refractivity contribution is 5.68. The Balaban J connectivity index is 0.000000270. The molecule has 1 aromatic rings. The number of benzene rings is 1. The molecule has 1 N–H and O–H groups in total. The standard InChI is InChI=1S/C25H27N.C13H19N/c1-20-12-16-24(17-13-20)26(23-10-6-3-7-11-23)25-18-14-22(15-19-25)21-8-4-2-5-9-21;1-5-9-13(7-3)14-11-8-10-12(4)6-2/h2-10,12,14,16-18,20,23H,11,13,15,19H2,1H3;5-9,11-12,14H,1-3,10H2,4H3/b;11-8+,13-9+. The Morgan fingerprint density at radius 2 is 1.88 bits per heavy atom. The van der Waals surface area contributed by atoms with E-state index in [-0.39, 0.29) is 0 Å². The molecule has 0 radical (unpaired) electrons. The van der Waals surface area contributed by atoms with Crippen LogP contribution in [0.3, 0.4) is 0 Å². The van der Waals surface area contributed by atoms with E-state index in [1.165, 1.54) is 22.5 Å². The van der Waals surface area contributed by atoms with Gasteiger partial charge in [-0.05, 0) is 85.6 Å². The van der Waals surface area contributed by atoms with Gasteiger partial charge in [-0.15, -0.1) is 6.58 Å². The predicted molar refractivity (Wildman–Crippen MR) is 176 cm³/mol. The van der Waals surface area contributed by atoms with E-state index >= 15 is 0 Å². The topological polar surface area (TPSA) is 15.3 Å². The molecule has 0 heterocycles. The molecule has 4 rings (SSSR count). The first-order chi connectivity index (χ1) is 19.5. The molecule has 3 aliphatic carbocycles. The maximum Gasteiger partial charge on any atom is 0.0556 e. The highest BCUT2D eigenvalue weighted by Crippen LogP contribution is 2.34. The van der Waals surface area contributed by atoms with Crippen LogP contribution in [-0.4, -0.2) is 10.9 Å². The monoisotopic (exact) mass is 530 g/mol. The molecule has 0 fully saturated rings. The molecule has 2 heteroatoms. The van der Waals surface area contributed by atoms with Gasteiger partial charge in [0.15, 0.2) is 0 Å². The smallest absolute Gasteiger partial charge is 0.0556 e. The van der Waals surface area contributed by atoms with Crippen LogP contribution >= 0.6 is 0 Å². The number of hydrogen-bond donors (Lipinski definition) is 1. The van der Waals surface area contributed by atoms with Crippen molar-refractivity contribution in [3.8, 4) is 0 Å². The van der Waals surface area contributed by atoms with Crippen LogP contribution in [-0.2, 0) is 0 Å². The zero-order valence-electron chi connectivity index (χ0n) is 24.4. The fourth-order valence-electron chi connectivity index (χ4n) is 4.78. The number of hydrogen-bond acceptors (Lipinski definition) is 2. The van der Waals surface area contributed by atoms with Crippen molar-refractivity contribution in [1.29, 1.82) is 0 Å². The predicted octanol–water partition coefficient (Wildman–Crippen LogP) is 9.97. The number of nitrogens with zero attached hydrogens (tertiary/aromatic N) is 1. The van der Waals surface area contributed by atoms with E-state index in [0.29, 0.717) is 17.9 Å². The Morgan fingerprint density at radius 3 is 2.48 bits per heavy atom. The number of allylic oxidation sites excluding steroid dienone is 14. The van der Waals surface area contributed by atoms with E-state index in [1.807, 2.05) is 18.4 Å². The van der Waals surface area contributed by atoms with Gasteiger partial charge in [-0.3, -0.25) is 0 Å². The summed E-state index contributed by atoms with van der Waals surface area (Å²) in [6.07, 6.45) is 37.4. The summed E-state index contributed by atoms with van der Waals surface area (Å²) in [5, 5.41) is 3.11. The van der Waals surface area contributed by atoms with E-state index in [0.717, 1.165) is 37.8 Å². The van der Waals surface area contributed by atoms with Crippen LogP contribution in [0, 0.1) is 11.8 Å². The van der Waals surface area contributed by atoms with Crippen molar-refractivity contribution in [2.24, 2.45) is 11.8 Å². The van der Waals surface area contributed by atoms with Crippen LogP contribution in [0.4, 0.5) is 0 Å². The van der Waals surface area contributed by atoms with Crippen molar-refractivity contribution in [1.82, 2.24) is 10.2 Å². The van der Waals surface area contributed by atoms with Crippen molar-refractivity contribution in [2.45, 2.75) is 52.0 Å². The third-order valence-electron chi connectivity index (χ3n) is 7.24. The average molecular weight is 531 g/mol. The number of nitrogens with one attached hydrogen (secondary N) is 1. The first-order valence-electron chi connectivity index (χ1n) is 14.5. The Kier molecular flexibility index (Phi) is 12.8. The van der Waals surface area contributed by atoms with Crippen LogP contribution < -0.4 is 5.32 Å². The third-order valence-corrected chi connectivity index (χ3v) is 7.24. The van der Waals surface area contributed by atoms with E-state index in [9.17, 15) is 0 Å². The molecular formula is C38H46N2. The Bertz CT molecular complexity index is 1230. The quantitative estimate of drug-likeness (QED) is 0.226. The van der Waals surface area contributed by atoms with Crippen molar-refractivity contribution < 1.29 is 0 Å². The summed E-state index contributed by atoms with van der Waals surface area (Å²) in [4.78, 5) is 2.56. The largest absolute Gasteiger partial charge is 0.362 e. The zero-order chi connectivity index (χ0) is 28.6. The zero-order valence-corrected chi connectivity index (χ0v) is 24.4. The van der Waals surface area contributed by atoms with Crippen LogP contribution in [0.2, 0.25) is 0 Å². The van der Waals surface area contributed by atoms with Crippen molar-refractivity contribution in [3.05, 3.63) is 164 Å². The second-order valence-corrected chi connectivity index (χ2v) is 10.5. The molecule has 0 amide bonds. The molecule has 1 aromatic carbocycles. The van der Waals surface area contributed by atoms with Crippen LogP contribution in [0.15, 0.2) is 158 Å². The lowest BCUT2D eigenvalue weighted by molar-refractivity contribution is 0.355. The Morgan fingerprint density at radius 1 is 1.05 bits per heavy atom. The molecule has 3 unspecified atom stereocenters. The van der Waals surface area contributed by atoms with Gasteiger partial charge in [0.25, 0.3) is 0 Å². The van der Waals surface area contributed by atoms with E-state index in [1.54, 1.807) is 12.2 Å². The molecule has 0 bridgehead atoms. The molecule has 0 spiro atoms. The van der Waals surface area contributed by atoms with Crippen molar-refractivity contribution in [2.75, 3.05) is 0 Å². The van der Waals surface area contributed by atoms with Gasteiger partial charge in [-0.25, -0.2) is 0 Å². The molecule has 208 valence electrons. The Labute approximate surface area is 243 Å². The summed E-state index contributed by atoms with van der Waals surface area (Å²) in [5.41, 5.74) is 6.52. The molecule has 3 atom stereocenters. The fraction of sp³-hybridized carbons (Fsp3) is 0.263. The molecule has 0 saturated carbocycles. The molecule has 0 saturated heterocycles. The molecule has 0 aliphatic heterocycles. The second-order valence-electron chi connectivity index (χ2n) is 10.5.